The van der Waals surface area contributed by atoms with Crippen LogP contribution in [0.25, 0.3) is 0 Å². The summed E-state index contributed by atoms with van der Waals surface area (Å²) in [6.45, 7) is -0.168. The van der Waals surface area contributed by atoms with Crippen molar-refractivity contribution in [3.8, 4) is 11.5 Å². The van der Waals surface area contributed by atoms with Gasteiger partial charge in [-0.2, -0.15) is 0 Å². The van der Waals surface area contributed by atoms with Crippen LogP contribution >= 0.6 is 0 Å². The van der Waals surface area contributed by atoms with Crippen LogP contribution in [0.2, 0.25) is 0 Å². The number of nitrogens with one attached hydrogen (secondary N) is 1. The molecule has 20 heavy (non-hydrogen) atoms. The lowest BCUT2D eigenvalue weighted by atomic mass is 10.2. The highest BCUT2D eigenvalue weighted by molar-refractivity contribution is 6.17. The van der Waals surface area contributed by atoms with Gasteiger partial charge in [0.05, 0.1) is 18.8 Å². The summed E-state index contributed by atoms with van der Waals surface area (Å²) < 4.78 is 10.5. The molecule has 2 amide bonds. The Bertz CT molecular complexity index is 611. The Morgan fingerprint density at radius 3 is 2.95 bits per heavy atom. The Morgan fingerprint density at radius 2 is 2.15 bits per heavy atom. The average Bonchev–Trinajstić information content (AvgIpc) is 3.00. The van der Waals surface area contributed by atoms with Gasteiger partial charge in [-0.15, -0.1) is 0 Å². The number of β-amino-alcohol motifs (C(OH)–C–C–N with tert-alkyl or cyclic N) is 1. The van der Waals surface area contributed by atoms with Crippen LogP contribution in [0, 0.1) is 0 Å². The highest BCUT2D eigenvalue weighted by Gasteiger charge is 2.31. The highest BCUT2D eigenvalue weighted by Crippen LogP contribution is 2.39. The van der Waals surface area contributed by atoms with Gasteiger partial charge in [0.1, 0.15) is 5.70 Å². The fourth-order valence-corrected chi connectivity index (χ4v) is 2.08. The number of nitrogens with zero attached hydrogens (tertiary/aromatic N) is 1. The molecule has 1 aromatic rings. The molecule has 0 aliphatic carbocycles. The van der Waals surface area contributed by atoms with E-state index in [2.05, 4.69) is 5.32 Å². The lowest BCUT2D eigenvalue weighted by Gasteiger charge is -2.14. The zero-order valence-corrected chi connectivity index (χ0v) is 10.5. The topological polar surface area (TPSA) is 88.1 Å². The molecule has 0 atom stereocenters. The van der Waals surface area contributed by atoms with Crippen molar-refractivity contribution >= 4 is 17.5 Å². The van der Waals surface area contributed by atoms with E-state index in [0.717, 1.165) is 4.90 Å². The fourth-order valence-electron chi connectivity index (χ4n) is 2.08. The molecule has 0 fully saturated rings. The van der Waals surface area contributed by atoms with Crippen molar-refractivity contribution in [3.05, 3.63) is 30.0 Å². The molecule has 104 valence electrons. The fraction of sp³-hybridized carbons (Fsp3) is 0.231. The van der Waals surface area contributed by atoms with Gasteiger partial charge in [-0.25, -0.2) is 0 Å². The summed E-state index contributed by atoms with van der Waals surface area (Å²) in [5, 5.41) is 11.7. The van der Waals surface area contributed by atoms with Gasteiger partial charge in [-0.1, -0.05) is 6.07 Å². The first kappa shape index (κ1) is 12.5. The number of imide groups is 1. The maximum Gasteiger partial charge on any atom is 0.277 e. The number of anilines is 1. The third-order valence-corrected chi connectivity index (χ3v) is 3.00. The van der Waals surface area contributed by atoms with E-state index in [1.807, 2.05) is 0 Å². The van der Waals surface area contributed by atoms with E-state index in [0.29, 0.717) is 17.2 Å². The minimum atomic E-state index is -0.472. The van der Waals surface area contributed by atoms with Crippen LogP contribution in [0.3, 0.4) is 0 Å². The first-order valence-electron chi connectivity index (χ1n) is 6.04. The van der Waals surface area contributed by atoms with Crippen molar-refractivity contribution in [2.24, 2.45) is 0 Å². The molecule has 0 spiro atoms. The Balaban J connectivity index is 1.83. The normalized spacial score (nSPS) is 16.6. The van der Waals surface area contributed by atoms with Crippen LogP contribution in [-0.2, 0) is 9.59 Å². The number of amides is 2. The standard InChI is InChI=1S/C13H12N2O5/c16-5-4-15-11(17)6-9(13(15)18)14-8-2-1-3-10-12(8)20-7-19-10/h1-3,6,14,16H,4-5,7H2. The predicted octanol–water partition coefficient (Wildman–Crippen LogP) is 0.0722. The molecule has 7 heteroatoms. The van der Waals surface area contributed by atoms with Crippen LogP contribution in [0.5, 0.6) is 11.5 Å². The Hall–Kier alpha value is -2.54. The summed E-state index contributed by atoms with van der Waals surface area (Å²) in [5.74, 6) is 0.172. The van der Waals surface area contributed by atoms with E-state index < -0.39 is 11.8 Å². The molecular formula is C13H12N2O5. The van der Waals surface area contributed by atoms with E-state index in [4.69, 9.17) is 14.6 Å². The Kier molecular flexibility index (Phi) is 3.03. The third kappa shape index (κ3) is 1.97. The number of rotatable bonds is 4. The van der Waals surface area contributed by atoms with Gasteiger partial charge in [0, 0.05) is 6.08 Å². The number of fused-ring (bicyclic) bond motifs is 1. The summed E-state index contributed by atoms with van der Waals surface area (Å²) in [5.41, 5.74) is 0.700. The molecule has 0 aromatic heterocycles. The van der Waals surface area contributed by atoms with Gasteiger partial charge in [0.25, 0.3) is 11.8 Å². The Labute approximate surface area is 114 Å². The van der Waals surface area contributed by atoms with Crippen LogP contribution < -0.4 is 14.8 Å². The maximum atomic E-state index is 12.0. The Morgan fingerprint density at radius 1 is 1.30 bits per heavy atom. The summed E-state index contributed by atoms with van der Waals surface area (Å²) in [7, 11) is 0. The minimum absolute atomic E-state index is 0.0220. The van der Waals surface area contributed by atoms with Gasteiger partial charge in [0.15, 0.2) is 11.5 Å². The molecular weight excluding hydrogens is 264 g/mol. The van der Waals surface area contributed by atoms with Crippen LogP contribution in [0.1, 0.15) is 0 Å². The second-order valence-electron chi connectivity index (χ2n) is 4.24. The van der Waals surface area contributed by atoms with Crippen molar-refractivity contribution in [2.75, 3.05) is 25.3 Å². The molecule has 7 nitrogen and oxygen atoms in total. The SMILES string of the molecule is O=C1C=C(Nc2cccc3c2OCO3)C(=O)N1CCO. The zero-order chi connectivity index (χ0) is 14.1. The number of carbonyl (C=O) groups excluding carboxylic acids is 2. The number of benzene rings is 1. The molecule has 2 N–H and O–H groups in total. The molecule has 0 saturated heterocycles. The molecule has 0 unspecified atom stereocenters. The van der Waals surface area contributed by atoms with E-state index >= 15 is 0 Å². The average molecular weight is 276 g/mol. The quantitative estimate of drug-likeness (QED) is 0.757. The monoisotopic (exact) mass is 276 g/mol. The number of aliphatic hydroxyl groups excluding tert-OH is 1. The van der Waals surface area contributed by atoms with Crippen LogP contribution in [0.15, 0.2) is 30.0 Å². The highest BCUT2D eigenvalue weighted by atomic mass is 16.7. The molecule has 2 aliphatic heterocycles. The second kappa shape index (κ2) is 4.86. The first-order chi connectivity index (χ1) is 9.70. The molecule has 2 heterocycles. The number of hydrogen-bond acceptors (Lipinski definition) is 6. The van der Waals surface area contributed by atoms with Crippen molar-refractivity contribution in [3.63, 3.8) is 0 Å². The number of ether oxygens (including phenoxy) is 2. The maximum absolute atomic E-state index is 12.0. The molecule has 0 saturated carbocycles. The van der Waals surface area contributed by atoms with Gasteiger partial charge in [0.2, 0.25) is 6.79 Å². The first-order valence-corrected chi connectivity index (χ1v) is 6.04. The smallest absolute Gasteiger partial charge is 0.277 e. The molecule has 0 radical (unpaired) electrons. The van der Waals surface area contributed by atoms with E-state index in [-0.39, 0.29) is 25.6 Å². The van der Waals surface area contributed by atoms with Crippen molar-refractivity contribution < 1.29 is 24.2 Å². The minimum Gasteiger partial charge on any atom is -0.454 e. The van der Waals surface area contributed by atoms with E-state index in [9.17, 15) is 9.59 Å². The third-order valence-electron chi connectivity index (χ3n) is 3.00. The van der Waals surface area contributed by atoms with Crippen molar-refractivity contribution in [2.45, 2.75) is 0 Å². The van der Waals surface area contributed by atoms with Crippen LogP contribution in [0.4, 0.5) is 5.69 Å². The van der Waals surface area contributed by atoms with Gasteiger partial charge in [-0.3, -0.25) is 14.5 Å². The summed E-state index contributed by atoms with van der Waals surface area (Å²) in [6.07, 6.45) is 1.20. The van der Waals surface area contributed by atoms with Crippen molar-refractivity contribution in [1.29, 1.82) is 0 Å². The largest absolute Gasteiger partial charge is 0.454 e. The zero-order valence-electron chi connectivity index (χ0n) is 10.5. The lowest BCUT2D eigenvalue weighted by Crippen LogP contribution is -2.34. The molecule has 1 aromatic carbocycles. The second-order valence-corrected chi connectivity index (χ2v) is 4.24. The number of aliphatic hydroxyl groups is 1. The van der Waals surface area contributed by atoms with Gasteiger partial charge in [-0.05, 0) is 12.1 Å². The summed E-state index contributed by atoms with van der Waals surface area (Å²) >= 11 is 0. The summed E-state index contributed by atoms with van der Waals surface area (Å²) in [6, 6.07) is 5.23. The van der Waals surface area contributed by atoms with Crippen LogP contribution in [-0.4, -0.2) is 41.8 Å². The molecule has 3 rings (SSSR count). The van der Waals surface area contributed by atoms with E-state index in [1.54, 1.807) is 18.2 Å². The molecule has 0 bridgehead atoms. The number of carbonyl (C=O) groups is 2. The van der Waals surface area contributed by atoms with Gasteiger partial charge >= 0.3 is 0 Å². The molecule has 2 aliphatic rings. The predicted molar refractivity (Wildman–Crippen MR) is 68.1 cm³/mol. The van der Waals surface area contributed by atoms with Crippen molar-refractivity contribution in [1.82, 2.24) is 4.90 Å². The van der Waals surface area contributed by atoms with Gasteiger partial charge < -0.3 is 19.9 Å². The number of hydrogen-bond donors (Lipinski definition) is 2. The van der Waals surface area contributed by atoms with E-state index in [1.165, 1.54) is 6.08 Å². The summed E-state index contributed by atoms with van der Waals surface area (Å²) in [4.78, 5) is 24.6. The lowest BCUT2D eigenvalue weighted by molar-refractivity contribution is -0.137. The number of para-hydroxylation sites is 1.